The first-order valence-electron chi connectivity index (χ1n) is 10.1. The zero-order chi connectivity index (χ0) is 22.3. The second-order valence-corrected chi connectivity index (χ2v) is 9.70. The van der Waals surface area contributed by atoms with Gasteiger partial charge in [0.1, 0.15) is 12.1 Å². The number of rotatable bonds is 2. The molecule has 1 atom stereocenters. The van der Waals surface area contributed by atoms with Gasteiger partial charge in [0, 0.05) is 35.6 Å². The molecule has 0 aliphatic carbocycles. The average Bonchev–Trinajstić information content (AvgIpc) is 2.72. The molecule has 1 aliphatic rings. The Morgan fingerprint density at radius 2 is 1.81 bits per heavy atom. The van der Waals surface area contributed by atoms with Gasteiger partial charge in [-0.15, -0.1) is 0 Å². The first-order valence-corrected chi connectivity index (χ1v) is 10.9. The quantitative estimate of drug-likeness (QED) is 0.523. The molecule has 0 spiro atoms. The Morgan fingerprint density at radius 3 is 2.45 bits per heavy atom. The fraction of sp³-hybridized carbons (Fsp3) is 0.348. The number of anilines is 1. The summed E-state index contributed by atoms with van der Waals surface area (Å²) < 4.78 is 0. The molecule has 1 saturated heterocycles. The fourth-order valence-electron chi connectivity index (χ4n) is 4.11. The van der Waals surface area contributed by atoms with Crippen molar-refractivity contribution < 1.29 is 9.90 Å². The monoisotopic (exact) mass is 458 g/mol. The Bertz CT molecular complexity index is 1130. The predicted molar refractivity (Wildman–Crippen MR) is 125 cm³/mol. The second kappa shape index (κ2) is 8.17. The summed E-state index contributed by atoms with van der Waals surface area (Å²) in [5.74, 6) is 0.788. The first kappa shape index (κ1) is 21.7. The number of nitrogens with zero attached hydrogens (tertiary/aromatic N) is 4. The SMILES string of the molecule is CC(C)(C)C1CN(c2ncnc3cc(Cl)c(-c4ccc(Cl)cc4)cc23)CCN1C(=O)O. The number of hydrogen-bond donors (Lipinski definition) is 1. The van der Waals surface area contributed by atoms with Crippen LogP contribution in [0.5, 0.6) is 0 Å². The van der Waals surface area contributed by atoms with Gasteiger partial charge in [-0.05, 0) is 35.2 Å². The van der Waals surface area contributed by atoms with E-state index in [0.29, 0.717) is 29.7 Å². The highest BCUT2D eigenvalue weighted by atomic mass is 35.5. The molecule has 1 amide bonds. The normalized spacial score (nSPS) is 17.3. The van der Waals surface area contributed by atoms with E-state index in [9.17, 15) is 9.90 Å². The smallest absolute Gasteiger partial charge is 0.407 e. The van der Waals surface area contributed by atoms with Gasteiger partial charge in [0.25, 0.3) is 0 Å². The van der Waals surface area contributed by atoms with Crippen molar-refractivity contribution in [2.45, 2.75) is 26.8 Å². The zero-order valence-corrected chi connectivity index (χ0v) is 19.2. The predicted octanol–water partition coefficient (Wildman–Crippen LogP) is 5.82. The number of amides is 1. The molecular formula is C23H24Cl2N4O2. The molecule has 1 unspecified atom stereocenters. The minimum atomic E-state index is -0.885. The van der Waals surface area contributed by atoms with Crippen LogP contribution in [0.15, 0.2) is 42.7 Å². The van der Waals surface area contributed by atoms with Gasteiger partial charge in [0.2, 0.25) is 0 Å². The van der Waals surface area contributed by atoms with E-state index < -0.39 is 6.09 Å². The van der Waals surface area contributed by atoms with Crippen molar-refractivity contribution in [2.24, 2.45) is 5.41 Å². The van der Waals surface area contributed by atoms with Gasteiger partial charge in [-0.3, -0.25) is 0 Å². The van der Waals surface area contributed by atoms with Crippen LogP contribution in [0.2, 0.25) is 10.0 Å². The van der Waals surface area contributed by atoms with E-state index in [0.717, 1.165) is 27.8 Å². The van der Waals surface area contributed by atoms with E-state index in [4.69, 9.17) is 23.2 Å². The summed E-state index contributed by atoms with van der Waals surface area (Å²) in [6.07, 6.45) is 0.648. The second-order valence-electron chi connectivity index (χ2n) is 8.86. The Balaban J connectivity index is 1.78. The standard InChI is InChI=1S/C23H24Cl2N4O2/c1-23(2,3)20-12-28(8-9-29(20)22(30)31)21-17-10-16(14-4-6-15(24)7-5-14)18(25)11-19(17)26-13-27-21/h4-7,10-11,13,20H,8-9,12H2,1-3H3,(H,30,31). The summed E-state index contributed by atoms with van der Waals surface area (Å²) >= 11 is 12.6. The Morgan fingerprint density at radius 1 is 1.10 bits per heavy atom. The van der Waals surface area contributed by atoms with Crippen LogP contribution in [-0.4, -0.2) is 51.7 Å². The number of benzene rings is 2. The number of piperazine rings is 1. The molecule has 0 saturated carbocycles. The molecule has 1 N–H and O–H groups in total. The Kier molecular flexibility index (Phi) is 5.71. The molecule has 0 bridgehead atoms. The van der Waals surface area contributed by atoms with Gasteiger partial charge in [0.15, 0.2) is 0 Å². The summed E-state index contributed by atoms with van der Waals surface area (Å²) in [6.45, 7) is 7.72. The van der Waals surface area contributed by atoms with Crippen molar-refractivity contribution in [1.29, 1.82) is 0 Å². The molecule has 2 heterocycles. The van der Waals surface area contributed by atoms with Gasteiger partial charge in [0.05, 0.1) is 16.6 Å². The molecule has 6 nitrogen and oxygen atoms in total. The molecule has 8 heteroatoms. The summed E-state index contributed by atoms with van der Waals surface area (Å²) in [5.41, 5.74) is 2.37. The van der Waals surface area contributed by atoms with Gasteiger partial charge >= 0.3 is 6.09 Å². The van der Waals surface area contributed by atoms with Crippen LogP contribution < -0.4 is 4.90 Å². The molecule has 2 aromatic carbocycles. The lowest BCUT2D eigenvalue weighted by molar-refractivity contribution is 0.0747. The summed E-state index contributed by atoms with van der Waals surface area (Å²) in [6, 6.07) is 11.2. The fourth-order valence-corrected chi connectivity index (χ4v) is 4.51. The number of carboxylic acid groups (broad SMARTS) is 1. The molecule has 4 rings (SSSR count). The van der Waals surface area contributed by atoms with Gasteiger partial charge < -0.3 is 14.9 Å². The highest BCUT2D eigenvalue weighted by molar-refractivity contribution is 6.34. The van der Waals surface area contributed by atoms with Crippen molar-refractivity contribution in [2.75, 3.05) is 24.5 Å². The molecule has 0 radical (unpaired) electrons. The highest BCUT2D eigenvalue weighted by Gasteiger charge is 2.38. The lowest BCUT2D eigenvalue weighted by Gasteiger charge is -2.46. The van der Waals surface area contributed by atoms with Crippen LogP contribution in [0.4, 0.5) is 10.6 Å². The molecular weight excluding hydrogens is 435 g/mol. The Hall–Kier alpha value is -2.57. The topological polar surface area (TPSA) is 69.6 Å². The lowest BCUT2D eigenvalue weighted by Crippen LogP contribution is -2.59. The maximum absolute atomic E-state index is 11.8. The minimum Gasteiger partial charge on any atom is -0.465 e. The Labute approximate surface area is 191 Å². The van der Waals surface area contributed by atoms with Crippen LogP contribution >= 0.6 is 23.2 Å². The van der Waals surface area contributed by atoms with E-state index in [1.165, 1.54) is 11.2 Å². The number of halogens is 2. The summed E-state index contributed by atoms with van der Waals surface area (Å²) in [5, 5.41) is 11.8. The van der Waals surface area contributed by atoms with Crippen LogP contribution in [-0.2, 0) is 0 Å². The van der Waals surface area contributed by atoms with Gasteiger partial charge in [-0.25, -0.2) is 14.8 Å². The third-order valence-corrected chi connectivity index (χ3v) is 6.35. The van der Waals surface area contributed by atoms with E-state index in [2.05, 4.69) is 35.6 Å². The van der Waals surface area contributed by atoms with Crippen molar-refractivity contribution in [3.8, 4) is 11.1 Å². The average molecular weight is 459 g/mol. The van der Waals surface area contributed by atoms with E-state index in [1.54, 1.807) is 0 Å². The number of fused-ring (bicyclic) bond motifs is 1. The van der Waals surface area contributed by atoms with Crippen LogP contribution in [0.1, 0.15) is 20.8 Å². The number of carbonyl (C=O) groups is 1. The maximum atomic E-state index is 11.8. The molecule has 31 heavy (non-hydrogen) atoms. The summed E-state index contributed by atoms with van der Waals surface area (Å²) in [7, 11) is 0. The van der Waals surface area contributed by atoms with Crippen molar-refractivity contribution >= 4 is 46.0 Å². The van der Waals surface area contributed by atoms with Gasteiger partial charge in [-0.1, -0.05) is 56.1 Å². The highest BCUT2D eigenvalue weighted by Crippen LogP contribution is 2.36. The van der Waals surface area contributed by atoms with Crippen LogP contribution in [0.25, 0.3) is 22.0 Å². The van der Waals surface area contributed by atoms with E-state index in [1.807, 2.05) is 36.4 Å². The van der Waals surface area contributed by atoms with Crippen LogP contribution in [0.3, 0.4) is 0 Å². The van der Waals surface area contributed by atoms with Gasteiger partial charge in [-0.2, -0.15) is 0 Å². The minimum absolute atomic E-state index is 0.160. The lowest BCUT2D eigenvalue weighted by atomic mass is 9.84. The molecule has 1 fully saturated rings. The van der Waals surface area contributed by atoms with Crippen molar-refractivity contribution in [3.63, 3.8) is 0 Å². The van der Waals surface area contributed by atoms with E-state index in [-0.39, 0.29) is 11.5 Å². The van der Waals surface area contributed by atoms with Crippen molar-refractivity contribution in [3.05, 3.63) is 52.8 Å². The molecule has 1 aliphatic heterocycles. The third kappa shape index (κ3) is 4.27. The zero-order valence-electron chi connectivity index (χ0n) is 17.6. The maximum Gasteiger partial charge on any atom is 0.407 e. The third-order valence-electron chi connectivity index (χ3n) is 5.78. The largest absolute Gasteiger partial charge is 0.465 e. The van der Waals surface area contributed by atoms with E-state index >= 15 is 0 Å². The molecule has 3 aromatic rings. The number of hydrogen-bond acceptors (Lipinski definition) is 4. The van der Waals surface area contributed by atoms with Crippen molar-refractivity contribution in [1.82, 2.24) is 14.9 Å². The molecule has 1 aromatic heterocycles. The summed E-state index contributed by atoms with van der Waals surface area (Å²) in [4.78, 5) is 24.5. The first-order chi connectivity index (χ1) is 14.6. The number of aromatic nitrogens is 2. The van der Waals surface area contributed by atoms with Crippen LogP contribution in [0, 0.1) is 5.41 Å². The molecule has 162 valence electrons.